The molecule has 0 aliphatic heterocycles. The van der Waals surface area contributed by atoms with E-state index in [4.69, 9.17) is 9.15 Å². The molecule has 0 spiro atoms. The fraction of sp³-hybridized carbons (Fsp3) is 0.130. The zero-order chi connectivity index (χ0) is 22.4. The minimum Gasteiger partial charge on any atom is -0.459 e. The highest BCUT2D eigenvalue weighted by Gasteiger charge is 2.22. The van der Waals surface area contributed by atoms with Gasteiger partial charge < -0.3 is 19.8 Å². The summed E-state index contributed by atoms with van der Waals surface area (Å²) in [6.07, 6.45) is 0.261. The number of esters is 1. The summed E-state index contributed by atoms with van der Waals surface area (Å²) in [5.74, 6) is -1.83. The molecule has 0 aliphatic rings. The fourth-order valence-corrected chi connectivity index (χ4v) is 2.67. The lowest BCUT2D eigenvalue weighted by Gasteiger charge is -2.15. The van der Waals surface area contributed by atoms with Crippen LogP contribution in [0.3, 0.4) is 0 Å². The zero-order valence-electron chi connectivity index (χ0n) is 16.9. The standard InChI is InChI=1S/C23H20N2O6/c1-14(26)16-9-11-17(12-10-16)24-21(27)15(2)31-23(29)18-6-3-4-7-19(18)25-22(28)20-8-5-13-30-20/h3-13,15H,1-2H3,(H,24,27)(H,25,28)/t15-/m1/s1. The second-order valence-corrected chi connectivity index (χ2v) is 6.65. The number of ether oxygens (including phenoxy) is 1. The smallest absolute Gasteiger partial charge is 0.341 e. The maximum absolute atomic E-state index is 12.6. The van der Waals surface area contributed by atoms with Crippen LogP contribution in [0.15, 0.2) is 71.3 Å². The van der Waals surface area contributed by atoms with Crippen LogP contribution in [0.1, 0.15) is 45.1 Å². The lowest BCUT2D eigenvalue weighted by molar-refractivity contribution is -0.123. The fourth-order valence-electron chi connectivity index (χ4n) is 2.67. The molecule has 0 bridgehead atoms. The largest absolute Gasteiger partial charge is 0.459 e. The number of carbonyl (C=O) groups is 4. The molecule has 0 saturated heterocycles. The van der Waals surface area contributed by atoms with Gasteiger partial charge in [0.1, 0.15) is 0 Å². The minimum absolute atomic E-state index is 0.0852. The third kappa shape index (κ3) is 5.45. The average Bonchev–Trinajstić information content (AvgIpc) is 3.29. The first-order valence-corrected chi connectivity index (χ1v) is 9.42. The average molecular weight is 420 g/mol. The van der Waals surface area contributed by atoms with E-state index in [1.807, 2.05) is 0 Å². The van der Waals surface area contributed by atoms with E-state index in [9.17, 15) is 19.2 Å². The topological polar surface area (TPSA) is 115 Å². The highest BCUT2D eigenvalue weighted by molar-refractivity contribution is 6.07. The number of amides is 2. The van der Waals surface area contributed by atoms with Gasteiger partial charge in [0.15, 0.2) is 17.6 Å². The van der Waals surface area contributed by atoms with Crippen LogP contribution >= 0.6 is 0 Å². The molecule has 2 N–H and O–H groups in total. The van der Waals surface area contributed by atoms with Crippen molar-refractivity contribution in [2.75, 3.05) is 10.6 Å². The van der Waals surface area contributed by atoms with Crippen molar-refractivity contribution in [1.29, 1.82) is 0 Å². The Hall–Kier alpha value is -4.20. The number of hydrogen-bond donors (Lipinski definition) is 2. The van der Waals surface area contributed by atoms with Crippen LogP contribution in [0, 0.1) is 0 Å². The van der Waals surface area contributed by atoms with Gasteiger partial charge in [-0.2, -0.15) is 0 Å². The maximum Gasteiger partial charge on any atom is 0.341 e. The monoisotopic (exact) mass is 420 g/mol. The summed E-state index contributed by atoms with van der Waals surface area (Å²) in [5.41, 5.74) is 1.30. The quantitative estimate of drug-likeness (QED) is 0.442. The lowest BCUT2D eigenvalue weighted by atomic mass is 10.1. The first-order chi connectivity index (χ1) is 14.8. The zero-order valence-corrected chi connectivity index (χ0v) is 16.9. The van der Waals surface area contributed by atoms with Crippen LogP contribution in [0.25, 0.3) is 0 Å². The number of rotatable bonds is 7. The lowest BCUT2D eigenvalue weighted by Crippen LogP contribution is -2.30. The molecule has 2 amide bonds. The third-order valence-corrected chi connectivity index (χ3v) is 4.35. The van der Waals surface area contributed by atoms with E-state index in [1.165, 1.54) is 32.2 Å². The number of ketones is 1. The molecule has 158 valence electrons. The number of nitrogens with one attached hydrogen (secondary N) is 2. The second-order valence-electron chi connectivity index (χ2n) is 6.65. The number of para-hydroxylation sites is 1. The molecule has 0 aliphatic carbocycles. The summed E-state index contributed by atoms with van der Waals surface area (Å²) in [7, 11) is 0. The highest BCUT2D eigenvalue weighted by Crippen LogP contribution is 2.19. The van der Waals surface area contributed by atoms with Gasteiger partial charge in [-0.3, -0.25) is 14.4 Å². The SMILES string of the molecule is CC(=O)c1ccc(NC(=O)[C@@H](C)OC(=O)c2ccccc2NC(=O)c2ccco2)cc1. The summed E-state index contributed by atoms with van der Waals surface area (Å²) in [5, 5.41) is 5.21. The molecular weight excluding hydrogens is 400 g/mol. The van der Waals surface area contributed by atoms with Gasteiger partial charge in [0.2, 0.25) is 0 Å². The predicted molar refractivity (Wildman–Crippen MR) is 113 cm³/mol. The molecule has 0 unspecified atom stereocenters. The van der Waals surface area contributed by atoms with Gasteiger partial charge in [0, 0.05) is 11.3 Å². The second kappa shape index (κ2) is 9.53. The van der Waals surface area contributed by atoms with Gasteiger partial charge >= 0.3 is 5.97 Å². The van der Waals surface area contributed by atoms with Crippen molar-refractivity contribution < 1.29 is 28.3 Å². The van der Waals surface area contributed by atoms with E-state index in [0.29, 0.717) is 11.3 Å². The normalized spacial score (nSPS) is 11.3. The molecule has 2 aromatic carbocycles. The van der Waals surface area contributed by atoms with Crippen LogP contribution in [-0.2, 0) is 9.53 Å². The van der Waals surface area contributed by atoms with Crippen molar-refractivity contribution in [3.05, 3.63) is 83.8 Å². The Morgan fingerprint density at radius 1 is 0.903 bits per heavy atom. The van der Waals surface area contributed by atoms with Crippen LogP contribution in [-0.4, -0.2) is 29.7 Å². The van der Waals surface area contributed by atoms with Gasteiger partial charge in [0.05, 0.1) is 17.5 Å². The molecule has 1 atom stereocenters. The number of anilines is 2. The number of benzene rings is 2. The number of hydrogen-bond acceptors (Lipinski definition) is 6. The Balaban J connectivity index is 1.64. The Bertz CT molecular complexity index is 1100. The molecule has 0 saturated carbocycles. The van der Waals surface area contributed by atoms with Gasteiger partial charge in [-0.1, -0.05) is 12.1 Å². The van der Waals surface area contributed by atoms with E-state index in [0.717, 1.165) is 0 Å². The first kappa shape index (κ1) is 21.5. The Labute approximate surface area is 178 Å². The molecule has 31 heavy (non-hydrogen) atoms. The Kier molecular flexibility index (Phi) is 6.61. The summed E-state index contributed by atoms with van der Waals surface area (Å²) in [6.45, 7) is 2.88. The molecular formula is C23H20N2O6. The van der Waals surface area contributed by atoms with Crippen molar-refractivity contribution in [2.45, 2.75) is 20.0 Å². The Morgan fingerprint density at radius 3 is 2.26 bits per heavy atom. The minimum atomic E-state index is -1.10. The molecule has 3 aromatic rings. The van der Waals surface area contributed by atoms with Crippen molar-refractivity contribution in [2.24, 2.45) is 0 Å². The van der Waals surface area contributed by atoms with Crippen LogP contribution in [0.2, 0.25) is 0 Å². The van der Waals surface area contributed by atoms with Crippen LogP contribution in [0.5, 0.6) is 0 Å². The summed E-state index contributed by atoms with van der Waals surface area (Å²) in [6, 6.07) is 15.7. The summed E-state index contributed by atoms with van der Waals surface area (Å²) >= 11 is 0. The van der Waals surface area contributed by atoms with E-state index in [-0.39, 0.29) is 22.8 Å². The molecule has 8 nitrogen and oxygen atoms in total. The predicted octanol–water partition coefficient (Wildman–Crippen LogP) is 3.92. The first-order valence-electron chi connectivity index (χ1n) is 9.42. The van der Waals surface area contributed by atoms with Crippen molar-refractivity contribution >= 4 is 34.9 Å². The van der Waals surface area contributed by atoms with Crippen molar-refractivity contribution in [3.63, 3.8) is 0 Å². The van der Waals surface area contributed by atoms with E-state index < -0.39 is 23.9 Å². The third-order valence-electron chi connectivity index (χ3n) is 4.35. The molecule has 0 fully saturated rings. The molecule has 1 aromatic heterocycles. The van der Waals surface area contributed by atoms with E-state index in [2.05, 4.69) is 10.6 Å². The molecule has 1 heterocycles. The maximum atomic E-state index is 12.6. The van der Waals surface area contributed by atoms with Crippen molar-refractivity contribution in [1.82, 2.24) is 0 Å². The van der Waals surface area contributed by atoms with Crippen LogP contribution < -0.4 is 10.6 Å². The highest BCUT2D eigenvalue weighted by atomic mass is 16.5. The molecule has 3 rings (SSSR count). The molecule has 8 heteroatoms. The summed E-state index contributed by atoms with van der Waals surface area (Å²) < 4.78 is 10.3. The number of carbonyl (C=O) groups excluding carboxylic acids is 4. The van der Waals surface area contributed by atoms with Gasteiger partial charge in [-0.15, -0.1) is 0 Å². The van der Waals surface area contributed by atoms with E-state index >= 15 is 0 Å². The van der Waals surface area contributed by atoms with Gasteiger partial charge in [-0.05, 0) is 62.4 Å². The summed E-state index contributed by atoms with van der Waals surface area (Å²) in [4.78, 5) is 48.5. The van der Waals surface area contributed by atoms with Gasteiger partial charge in [-0.25, -0.2) is 4.79 Å². The van der Waals surface area contributed by atoms with Gasteiger partial charge in [0.25, 0.3) is 11.8 Å². The Morgan fingerprint density at radius 2 is 1.61 bits per heavy atom. The van der Waals surface area contributed by atoms with Crippen molar-refractivity contribution in [3.8, 4) is 0 Å². The number of furan rings is 1. The van der Waals surface area contributed by atoms with E-state index in [1.54, 1.807) is 48.5 Å². The van der Waals surface area contributed by atoms with Crippen LogP contribution in [0.4, 0.5) is 11.4 Å². The molecule has 0 radical (unpaired) electrons. The number of Topliss-reactive ketones (excluding diaryl/α,β-unsaturated/α-hetero) is 1.